The number of carbonyl (C=O) groups excluding carboxylic acids is 2. The summed E-state index contributed by atoms with van der Waals surface area (Å²) in [5.41, 5.74) is 0.465. The predicted molar refractivity (Wildman–Crippen MR) is 83.4 cm³/mol. The summed E-state index contributed by atoms with van der Waals surface area (Å²) in [6, 6.07) is 14.5. The molecule has 0 saturated heterocycles. The van der Waals surface area contributed by atoms with Crippen molar-refractivity contribution in [3.63, 3.8) is 0 Å². The van der Waals surface area contributed by atoms with Crippen LogP contribution in [0, 0.1) is 10.1 Å². The lowest BCUT2D eigenvalue weighted by atomic mass is 10.2. The van der Waals surface area contributed by atoms with Crippen molar-refractivity contribution >= 4 is 17.7 Å². The molecule has 0 aliphatic rings. The number of rotatable bonds is 6. The van der Waals surface area contributed by atoms with Gasteiger partial charge in [0.25, 0.3) is 0 Å². The number of carbonyl (C=O) groups is 2. The molecule has 0 saturated carbocycles. The molecule has 0 heterocycles. The van der Waals surface area contributed by atoms with Crippen molar-refractivity contribution in [2.45, 2.75) is 6.61 Å². The van der Waals surface area contributed by atoms with E-state index in [0.29, 0.717) is 0 Å². The summed E-state index contributed by atoms with van der Waals surface area (Å²) in [5.74, 6) is -1.03. The molecular weight excluding hydrogens is 316 g/mol. The maximum atomic E-state index is 11.7. The Morgan fingerprint density at radius 1 is 1.04 bits per heavy atom. The molecular formula is C16H14N2O6. The van der Waals surface area contributed by atoms with Crippen molar-refractivity contribution < 1.29 is 24.0 Å². The van der Waals surface area contributed by atoms with E-state index in [1.807, 2.05) is 6.07 Å². The second-order valence-corrected chi connectivity index (χ2v) is 4.61. The number of esters is 1. The minimum atomic E-state index is -0.846. The van der Waals surface area contributed by atoms with Crippen LogP contribution in [0.1, 0.15) is 5.56 Å². The first kappa shape index (κ1) is 16.9. The molecule has 0 spiro atoms. The summed E-state index contributed by atoms with van der Waals surface area (Å²) in [4.78, 5) is 33.3. The third-order valence-electron chi connectivity index (χ3n) is 2.88. The van der Waals surface area contributed by atoms with E-state index < -0.39 is 23.5 Å². The monoisotopic (exact) mass is 330 g/mol. The van der Waals surface area contributed by atoms with Gasteiger partial charge in [0.1, 0.15) is 13.2 Å². The van der Waals surface area contributed by atoms with Crippen LogP contribution in [-0.2, 0) is 16.1 Å². The van der Waals surface area contributed by atoms with Gasteiger partial charge >= 0.3 is 17.7 Å². The Hall–Kier alpha value is -3.42. The number of amides is 1. The minimum Gasteiger partial charge on any atom is -0.445 e. The molecule has 2 rings (SSSR count). The standard InChI is InChI=1S/C16H14N2O6/c19-15(24-14-9-5-4-8-13(14)18(21)22)10-17-16(20)23-11-12-6-2-1-3-7-12/h1-9H,10-11H2,(H,17,20). The van der Waals surface area contributed by atoms with Crippen LogP contribution in [0.2, 0.25) is 0 Å². The Morgan fingerprint density at radius 3 is 2.42 bits per heavy atom. The number of hydrogen-bond donors (Lipinski definition) is 1. The number of alkyl carbamates (subject to hydrolysis) is 1. The smallest absolute Gasteiger partial charge is 0.407 e. The normalized spacial score (nSPS) is 9.83. The number of hydrogen-bond acceptors (Lipinski definition) is 6. The van der Waals surface area contributed by atoms with Crippen molar-refractivity contribution in [2.75, 3.05) is 6.54 Å². The quantitative estimate of drug-likeness (QED) is 0.377. The van der Waals surface area contributed by atoms with Crippen LogP contribution in [0.4, 0.5) is 10.5 Å². The fourth-order valence-corrected chi connectivity index (χ4v) is 1.77. The van der Waals surface area contributed by atoms with Crippen molar-refractivity contribution in [3.05, 3.63) is 70.3 Å². The number of benzene rings is 2. The van der Waals surface area contributed by atoms with Crippen molar-refractivity contribution in [1.82, 2.24) is 5.32 Å². The zero-order valence-electron chi connectivity index (χ0n) is 12.5. The number of nitrogens with zero attached hydrogens (tertiary/aromatic N) is 1. The van der Waals surface area contributed by atoms with Crippen LogP contribution in [0.25, 0.3) is 0 Å². The first-order valence-corrected chi connectivity index (χ1v) is 6.95. The summed E-state index contributed by atoms with van der Waals surface area (Å²) in [7, 11) is 0. The molecule has 24 heavy (non-hydrogen) atoms. The van der Waals surface area contributed by atoms with Gasteiger partial charge in [-0.25, -0.2) is 9.59 Å². The summed E-state index contributed by atoms with van der Waals surface area (Å²) in [6.45, 7) is -0.411. The highest BCUT2D eigenvalue weighted by Crippen LogP contribution is 2.25. The van der Waals surface area contributed by atoms with Crippen molar-refractivity contribution in [1.29, 1.82) is 0 Å². The fourth-order valence-electron chi connectivity index (χ4n) is 1.77. The molecule has 8 heteroatoms. The van der Waals surface area contributed by atoms with Crippen LogP contribution < -0.4 is 10.1 Å². The molecule has 0 aromatic heterocycles. The molecule has 0 unspecified atom stereocenters. The Bertz CT molecular complexity index is 732. The molecule has 0 bridgehead atoms. The van der Waals surface area contributed by atoms with Crippen LogP contribution in [0.5, 0.6) is 5.75 Å². The summed E-state index contributed by atoms with van der Waals surface area (Å²) in [5, 5.41) is 13.0. The minimum absolute atomic E-state index is 0.0614. The second-order valence-electron chi connectivity index (χ2n) is 4.61. The average molecular weight is 330 g/mol. The van der Waals surface area contributed by atoms with E-state index in [-0.39, 0.29) is 18.0 Å². The summed E-state index contributed by atoms with van der Waals surface area (Å²) < 4.78 is 9.79. The van der Waals surface area contributed by atoms with Crippen LogP contribution in [0.15, 0.2) is 54.6 Å². The maximum absolute atomic E-state index is 11.7. The largest absolute Gasteiger partial charge is 0.445 e. The highest BCUT2D eigenvalue weighted by atomic mass is 16.6. The average Bonchev–Trinajstić information content (AvgIpc) is 2.59. The molecule has 0 atom stereocenters. The zero-order valence-corrected chi connectivity index (χ0v) is 12.5. The second kappa shape index (κ2) is 8.28. The Labute approximate surface area is 137 Å². The van der Waals surface area contributed by atoms with Gasteiger partial charge in [0.15, 0.2) is 0 Å². The zero-order chi connectivity index (χ0) is 17.4. The molecule has 1 amide bonds. The molecule has 124 valence electrons. The lowest BCUT2D eigenvalue weighted by Gasteiger charge is -2.07. The Balaban J connectivity index is 1.79. The molecule has 0 aliphatic heterocycles. The van der Waals surface area contributed by atoms with E-state index in [9.17, 15) is 19.7 Å². The van der Waals surface area contributed by atoms with Gasteiger partial charge in [0.05, 0.1) is 4.92 Å². The first-order chi connectivity index (χ1) is 11.6. The lowest BCUT2D eigenvalue weighted by Crippen LogP contribution is -2.32. The fraction of sp³-hybridized carbons (Fsp3) is 0.125. The number of nitro benzene ring substituents is 1. The van der Waals surface area contributed by atoms with Gasteiger partial charge in [-0.05, 0) is 11.6 Å². The third kappa shape index (κ3) is 5.09. The van der Waals surface area contributed by atoms with Crippen LogP contribution >= 0.6 is 0 Å². The third-order valence-corrected chi connectivity index (χ3v) is 2.88. The molecule has 0 radical (unpaired) electrons. The van der Waals surface area contributed by atoms with E-state index in [4.69, 9.17) is 9.47 Å². The van der Waals surface area contributed by atoms with E-state index in [0.717, 1.165) is 5.56 Å². The van der Waals surface area contributed by atoms with Gasteiger partial charge in [-0.3, -0.25) is 10.1 Å². The molecule has 1 N–H and O–H groups in total. The summed E-state index contributed by atoms with van der Waals surface area (Å²) >= 11 is 0. The van der Waals surface area contributed by atoms with Crippen molar-refractivity contribution in [2.24, 2.45) is 0 Å². The highest BCUT2D eigenvalue weighted by Gasteiger charge is 2.17. The first-order valence-electron chi connectivity index (χ1n) is 6.95. The van der Waals surface area contributed by atoms with E-state index in [1.165, 1.54) is 24.3 Å². The maximum Gasteiger partial charge on any atom is 0.407 e. The molecule has 8 nitrogen and oxygen atoms in total. The Kier molecular flexibility index (Phi) is 5.84. The van der Waals surface area contributed by atoms with Crippen LogP contribution in [-0.4, -0.2) is 23.5 Å². The van der Waals surface area contributed by atoms with Gasteiger partial charge in [0, 0.05) is 6.07 Å². The molecule has 2 aromatic carbocycles. The lowest BCUT2D eigenvalue weighted by molar-refractivity contribution is -0.385. The summed E-state index contributed by atoms with van der Waals surface area (Å²) in [6.07, 6.45) is -0.793. The molecule has 0 fully saturated rings. The highest BCUT2D eigenvalue weighted by molar-refractivity contribution is 5.80. The van der Waals surface area contributed by atoms with Gasteiger partial charge in [-0.1, -0.05) is 42.5 Å². The molecule has 0 aliphatic carbocycles. The topological polar surface area (TPSA) is 108 Å². The molecule has 2 aromatic rings. The van der Waals surface area contributed by atoms with Crippen molar-refractivity contribution in [3.8, 4) is 5.75 Å². The number of nitrogens with one attached hydrogen (secondary N) is 1. The number of nitro groups is 1. The van der Waals surface area contributed by atoms with E-state index in [1.54, 1.807) is 24.3 Å². The predicted octanol–water partition coefficient (Wildman–Crippen LogP) is 2.43. The number of para-hydroxylation sites is 2. The van der Waals surface area contributed by atoms with Gasteiger partial charge in [0.2, 0.25) is 5.75 Å². The SMILES string of the molecule is O=C(CNC(=O)OCc1ccccc1)Oc1ccccc1[N+](=O)[O-]. The Morgan fingerprint density at radius 2 is 1.71 bits per heavy atom. The van der Waals surface area contributed by atoms with E-state index >= 15 is 0 Å². The van der Waals surface area contributed by atoms with Gasteiger partial charge in [-0.15, -0.1) is 0 Å². The van der Waals surface area contributed by atoms with E-state index in [2.05, 4.69) is 5.32 Å². The number of ether oxygens (including phenoxy) is 2. The van der Waals surface area contributed by atoms with Gasteiger partial charge in [-0.2, -0.15) is 0 Å². The van der Waals surface area contributed by atoms with Crippen LogP contribution in [0.3, 0.4) is 0 Å². The van der Waals surface area contributed by atoms with Gasteiger partial charge < -0.3 is 14.8 Å².